The van der Waals surface area contributed by atoms with Gasteiger partial charge in [0.15, 0.2) is 6.29 Å². The predicted molar refractivity (Wildman–Crippen MR) is 57.1 cm³/mol. The minimum absolute atomic E-state index is 0.722. The fourth-order valence-electron chi connectivity index (χ4n) is 1.42. The molecule has 1 rings (SSSR count). The summed E-state index contributed by atoms with van der Waals surface area (Å²) in [6.07, 6.45) is 1.89. The normalized spacial score (nSPS) is 9.93. The highest BCUT2D eigenvalue weighted by Gasteiger charge is 2.04. The highest BCUT2D eigenvalue weighted by atomic mass is 16.5. The minimum atomic E-state index is 0.722. The van der Waals surface area contributed by atoms with Crippen molar-refractivity contribution in [3.8, 4) is 5.75 Å². The third-order valence-corrected chi connectivity index (χ3v) is 2.16. The molecule has 0 heterocycles. The van der Waals surface area contributed by atoms with Crippen molar-refractivity contribution in [2.75, 3.05) is 6.61 Å². The van der Waals surface area contributed by atoms with Crippen molar-refractivity contribution in [1.29, 1.82) is 0 Å². The Hall–Kier alpha value is -1.31. The van der Waals surface area contributed by atoms with Gasteiger partial charge in [0.25, 0.3) is 0 Å². The van der Waals surface area contributed by atoms with Crippen LogP contribution in [0.3, 0.4) is 0 Å². The van der Waals surface area contributed by atoms with Gasteiger partial charge in [0.1, 0.15) is 5.75 Å². The molecule has 2 heteroatoms. The summed E-state index contributed by atoms with van der Waals surface area (Å²) in [5, 5.41) is 0. The topological polar surface area (TPSA) is 26.3 Å². The summed E-state index contributed by atoms with van der Waals surface area (Å²) in [7, 11) is 0. The molecular formula is C12H16O2. The van der Waals surface area contributed by atoms with E-state index in [1.807, 2.05) is 26.0 Å². The third-order valence-electron chi connectivity index (χ3n) is 2.16. The second kappa shape index (κ2) is 4.80. The van der Waals surface area contributed by atoms with Gasteiger partial charge >= 0.3 is 0 Å². The van der Waals surface area contributed by atoms with Crippen LogP contribution in [-0.4, -0.2) is 12.9 Å². The Morgan fingerprint density at radius 2 is 1.86 bits per heavy atom. The number of carbonyl (C=O) groups is 1. The minimum Gasteiger partial charge on any atom is -0.494 e. The average Bonchev–Trinajstić information content (AvgIpc) is 2.14. The smallest absolute Gasteiger partial charge is 0.150 e. The van der Waals surface area contributed by atoms with Gasteiger partial charge in [-0.3, -0.25) is 4.79 Å². The second-order valence-electron chi connectivity index (χ2n) is 3.44. The van der Waals surface area contributed by atoms with E-state index in [2.05, 4.69) is 6.92 Å². The van der Waals surface area contributed by atoms with E-state index in [0.29, 0.717) is 0 Å². The summed E-state index contributed by atoms with van der Waals surface area (Å²) in [5.41, 5.74) is 2.73. The Bertz CT molecular complexity index is 306. The van der Waals surface area contributed by atoms with Crippen molar-refractivity contribution in [2.24, 2.45) is 0 Å². The first-order valence-electron chi connectivity index (χ1n) is 4.88. The first kappa shape index (κ1) is 10.8. The summed E-state index contributed by atoms with van der Waals surface area (Å²) >= 11 is 0. The molecule has 0 spiro atoms. The van der Waals surface area contributed by atoms with Crippen LogP contribution in [0.4, 0.5) is 0 Å². The standard InChI is InChI=1S/C12H16O2/c1-4-5-14-11-6-9(2)12(8-13)10(3)7-11/h6-8H,4-5H2,1-3H3. The molecule has 0 radical (unpaired) electrons. The number of hydrogen-bond acceptors (Lipinski definition) is 2. The molecule has 0 saturated carbocycles. The molecule has 0 amide bonds. The van der Waals surface area contributed by atoms with Crippen LogP contribution in [0.15, 0.2) is 12.1 Å². The molecule has 0 N–H and O–H groups in total. The number of aryl methyl sites for hydroxylation is 2. The van der Waals surface area contributed by atoms with Crippen LogP contribution in [0.5, 0.6) is 5.75 Å². The van der Waals surface area contributed by atoms with Gasteiger partial charge in [0, 0.05) is 5.56 Å². The summed E-state index contributed by atoms with van der Waals surface area (Å²) in [6.45, 7) is 6.64. The lowest BCUT2D eigenvalue weighted by Crippen LogP contribution is -1.98. The van der Waals surface area contributed by atoms with E-state index in [0.717, 1.165) is 41.8 Å². The molecule has 0 atom stereocenters. The molecule has 1 aromatic rings. The van der Waals surface area contributed by atoms with Gasteiger partial charge in [0.2, 0.25) is 0 Å². The van der Waals surface area contributed by atoms with Crippen molar-refractivity contribution in [3.05, 3.63) is 28.8 Å². The summed E-state index contributed by atoms with van der Waals surface area (Å²) in [4.78, 5) is 10.7. The first-order valence-corrected chi connectivity index (χ1v) is 4.88. The maximum absolute atomic E-state index is 10.7. The molecule has 2 nitrogen and oxygen atoms in total. The summed E-state index contributed by atoms with van der Waals surface area (Å²) < 4.78 is 5.50. The number of carbonyl (C=O) groups excluding carboxylic acids is 1. The molecule has 0 fully saturated rings. The van der Waals surface area contributed by atoms with Crippen LogP contribution < -0.4 is 4.74 Å². The highest BCUT2D eigenvalue weighted by molar-refractivity contribution is 5.79. The van der Waals surface area contributed by atoms with E-state index in [4.69, 9.17) is 4.74 Å². The molecule has 0 aromatic heterocycles. The van der Waals surface area contributed by atoms with E-state index in [9.17, 15) is 4.79 Å². The molecule has 0 aliphatic carbocycles. The lowest BCUT2D eigenvalue weighted by molar-refractivity contribution is 0.112. The third kappa shape index (κ3) is 2.34. The van der Waals surface area contributed by atoms with E-state index in [-0.39, 0.29) is 0 Å². The largest absolute Gasteiger partial charge is 0.494 e. The van der Waals surface area contributed by atoms with Gasteiger partial charge in [-0.1, -0.05) is 6.92 Å². The zero-order valence-corrected chi connectivity index (χ0v) is 8.96. The van der Waals surface area contributed by atoms with Crippen LogP contribution in [0.1, 0.15) is 34.8 Å². The van der Waals surface area contributed by atoms with Gasteiger partial charge < -0.3 is 4.74 Å². The number of ether oxygens (including phenoxy) is 1. The van der Waals surface area contributed by atoms with Gasteiger partial charge in [-0.25, -0.2) is 0 Å². The van der Waals surface area contributed by atoms with E-state index >= 15 is 0 Å². The number of hydrogen-bond donors (Lipinski definition) is 0. The molecule has 0 unspecified atom stereocenters. The highest BCUT2D eigenvalue weighted by Crippen LogP contribution is 2.20. The SMILES string of the molecule is CCCOc1cc(C)c(C=O)c(C)c1. The molecule has 0 bridgehead atoms. The second-order valence-corrected chi connectivity index (χ2v) is 3.44. The van der Waals surface area contributed by atoms with Crippen molar-refractivity contribution in [1.82, 2.24) is 0 Å². The van der Waals surface area contributed by atoms with Gasteiger partial charge in [-0.05, 0) is 43.5 Å². The lowest BCUT2D eigenvalue weighted by atomic mass is 10.0. The quantitative estimate of drug-likeness (QED) is 0.686. The van der Waals surface area contributed by atoms with Crippen molar-refractivity contribution in [2.45, 2.75) is 27.2 Å². The van der Waals surface area contributed by atoms with Crippen molar-refractivity contribution < 1.29 is 9.53 Å². The Kier molecular flexibility index (Phi) is 3.69. The molecule has 0 aliphatic heterocycles. The molecule has 0 saturated heterocycles. The summed E-state index contributed by atoms with van der Waals surface area (Å²) in [6, 6.07) is 3.82. The van der Waals surface area contributed by atoms with E-state index < -0.39 is 0 Å². The van der Waals surface area contributed by atoms with Crippen molar-refractivity contribution in [3.63, 3.8) is 0 Å². The van der Waals surface area contributed by atoms with Crippen LogP contribution in [0.25, 0.3) is 0 Å². The molecule has 1 aromatic carbocycles. The van der Waals surface area contributed by atoms with Gasteiger partial charge in [-0.2, -0.15) is 0 Å². The van der Waals surface area contributed by atoms with Crippen LogP contribution in [0, 0.1) is 13.8 Å². The zero-order valence-electron chi connectivity index (χ0n) is 8.96. The monoisotopic (exact) mass is 192 g/mol. The van der Waals surface area contributed by atoms with E-state index in [1.54, 1.807) is 0 Å². The van der Waals surface area contributed by atoms with Crippen LogP contribution in [-0.2, 0) is 0 Å². The predicted octanol–water partition coefficient (Wildman–Crippen LogP) is 2.90. The summed E-state index contributed by atoms with van der Waals surface area (Å²) in [5.74, 6) is 0.854. The molecular weight excluding hydrogens is 176 g/mol. The first-order chi connectivity index (χ1) is 6.69. The van der Waals surface area contributed by atoms with Crippen LogP contribution >= 0.6 is 0 Å². The van der Waals surface area contributed by atoms with E-state index in [1.165, 1.54) is 0 Å². The van der Waals surface area contributed by atoms with Gasteiger partial charge in [-0.15, -0.1) is 0 Å². The Balaban J connectivity index is 2.95. The molecule has 0 aliphatic rings. The van der Waals surface area contributed by atoms with Crippen molar-refractivity contribution >= 4 is 6.29 Å². The molecule has 14 heavy (non-hydrogen) atoms. The van der Waals surface area contributed by atoms with Crippen LogP contribution in [0.2, 0.25) is 0 Å². The maximum Gasteiger partial charge on any atom is 0.150 e. The van der Waals surface area contributed by atoms with Gasteiger partial charge in [0.05, 0.1) is 6.61 Å². The number of aldehydes is 1. The molecule has 76 valence electrons. The lowest BCUT2D eigenvalue weighted by Gasteiger charge is -2.09. The zero-order chi connectivity index (χ0) is 10.6. The number of benzene rings is 1. The average molecular weight is 192 g/mol. The Morgan fingerprint density at radius 3 is 2.29 bits per heavy atom. The number of rotatable bonds is 4. The Labute approximate surface area is 84.9 Å². The fourth-order valence-corrected chi connectivity index (χ4v) is 1.42. The maximum atomic E-state index is 10.7. The Morgan fingerprint density at radius 1 is 1.29 bits per heavy atom. The fraction of sp³-hybridized carbons (Fsp3) is 0.417.